The van der Waals surface area contributed by atoms with Crippen molar-refractivity contribution >= 4 is 15.9 Å². The van der Waals surface area contributed by atoms with Crippen LogP contribution in [0.15, 0.2) is 23.1 Å². The molecule has 2 fully saturated rings. The zero-order chi connectivity index (χ0) is 22.1. The number of quaternary nitrogens is 1. The zero-order valence-corrected chi connectivity index (χ0v) is 17.8. The first-order valence-corrected chi connectivity index (χ1v) is 11.8. The summed E-state index contributed by atoms with van der Waals surface area (Å²) in [6.07, 6.45) is 1.90. The highest BCUT2D eigenvalue weighted by molar-refractivity contribution is 7.89. The summed E-state index contributed by atoms with van der Waals surface area (Å²) < 4.78 is 67.7. The third-order valence-corrected chi connectivity index (χ3v) is 7.97. The Morgan fingerprint density at radius 3 is 2.43 bits per heavy atom. The monoisotopic (exact) mass is 448 g/mol. The Hall–Kier alpha value is -1.65. The van der Waals surface area contributed by atoms with Crippen LogP contribution in [0, 0.1) is 23.5 Å². The van der Waals surface area contributed by atoms with Crippen molar-refractivity contribution in [3.05, 3.63) is 29.8 Å². The maximum atomic E-state index is 13.9. The van der Waals surface area contributed by atoms with Crippen LogP contribution in [0.3, 0.4) is 0 Å². The molecule has 3 atom stereocenters. The molecule has 1 aliphatic heterocycles. The van der Waals surface area contributed by atoms with Gasteiger partial charge in [0.25, 0.3) is 5.91 Å². The topological polar surface area (TPSA) is 94.1 Å². The average Bonchev–Trinajstić information content (AvgIpc) is 3.12. The van der Waals surface area contributed by atoms with Crippen LogP contribution in [0.2, 0.25) is 0 Å². The van der Waals surface area contributed by atoms with E-state index in [4.69, 9.17) is 0 Å². The average molecular weight is 449 g/mol. The van der Waals surface area contributed by atoms with E-state index in [1.807, 2.05) is 6.92 Å². The molecule has 1 aromatic rings. The van der Waals surface area contributed by atoms with E-state index in [-0.39, 0.29) is 30.3 Å². The minimum absolute atomic E-state index is 0.0109. The first-order valence-electron chi connectivity index (χ1n) is 10.3. The Labute approximate surface area is 175 Å². The first kappa shape index (κ1) is 23.0. The molecule has 1 saturated heterocycles. The summed E-state index contributed by atoms with van der Waals surface area (Å²) in [4.78, 5) is 13.6. The second-order valence-corrected chi connectivity index (χ2v) is 10.1. The smallest absolute Gasteiger partial charge is 0.281 e. The predicted octanol–water partition coefficient (Wildman–Crippen LogP) is 1.62. The van der Waals surface area contributed by atoms with Crippen molar-refractivity contribution in [3.63, 3.8) is 0 Å². The molecule has 0 bridgehead atoms. The molecule has 168 valence electrons. The molecule has 0 spiro atoms. The van der Waals surface area contributed by atoms with Gasteiger partial charge in [-0.05, 0) is 50.2 Å². The zero-order valence-electron chi connectivity index (χ0n) is 17.0. The van der Waals surface area contributed by atoms with Gasteiger partial charge in [-0.2, -0.15) is 0 Å². The highest BCUT2D eigenvalue weighted by atomic mass is 32.2. The number of rotatable bonds is 6. The van der Waals surface area contributed by atoms with Crippen molar-refractivity contribution in [2.24, 2.45) is 11.8 Å². The highest BCUT2D eigenvalue weighted by Crippen LogP contribution is 2.32. The number of hydrogen-bond acceptors (Lipinski definition) is 3. The molecule has 1 amide bonds. The van der Waals surface area contributed by atoms with Crippen LogP contribution in [0.25, 0.3) is 0 Å². The van der Waals surface area contributed by atoms with E-state index in [9.17, 15) is 26.4 Å². The Bertz CT molecular complexity index is 875. The Morgan fingerprint density at radius 2 is 1.87 bits per heavy atom. The van der Waals surface area contributed by atoms with Crippen LogP contribution in [-0.2, 0) is 14.8 Å². The van der Waals surface area contributed by atoms with E-state index >= 15 is 0 Å². The van der Waals surface area contributed by atoms with Crippen molar-refractivity contribution in [2.45, 2.75) is 62.2 Å². The third-order valence-electron chi connectivity index (χ3n) is 6.41. The molecular formula is C20H29F3N3O3S+. The maximum absolute atomic E-state index is 13.9. The molecule has 0 radical (unpaired) electrons. The molecule has 3 rings (SSSR count). The van der Waals surface area contributed by atoms with Crippen LogP contribution in [0.5, 0.6) is 0 Å². The minimum Gasteiger partial charge on any atom is -0.347 e. The van der Waals surface area contributed by atoms with Gasteiger partial charge in [0.2, 0.25) is 10.0 Å². The number of likely N-dealkylation sites (tertiary alicyclic amines) is 1. The number of nitrogens with zero attached hydrogens (tertiary/aromatic N) is 1. The second-order valence-electron chi connectivity index (χ2n) is 8.44. The number of hydrogen-bond donors (Lipinski definition) is 2. The summed E-state index contributed by atoms with van der Waals surface area (Å²) >= 11 is 0. The van der Waals surface area contributed by atoms with Gasteiger partial charge in [0.1, 0.15) is 22.7 Å². The third kappa shape index (κ3) is 5.15. The molecule has 6 nitrogen and oxygen atoms in total. The van der Waals surface area contributed by atoms with Crippen LogP contribution >= 0.6 is 0 Å². The fraction of sp³-hybridized carbons (Fsp3) is 0.650. The lowest BCUT2D eigenvalue weighted by molar-refractivity contribution is -0.420. The van der Waals surface area contributed by atoms with Gasteiger partial charge < -0.3 is 10.6 Å². The molecule has 0 aromatic heterocycles. The van der Waals surface area contributed by atoms with E-state index in [1.165, 1.54) is 4.90 Å². The minimum atomic E-state index is -4.09. The standard InChI is InChI=1S/C20H28F3N3O3S/c1-12(19(24)20(27)26-9-8-15(22)11-26)13-2-5-16(6-3-13)25-30(28,29)18-7-4-14(21)10-17(18)23/h4,7,10,12-13,15-16,19,25H,2-3,5-6,8-9,11,24H2,1H3/p+1/t12-,13?,15-,16?,19-/m0/s1. The largest absolute Gasteiger partial charge is 0.347 e. The molecule has 2 aliphatic rings. The van der Waals surface area contributed by atoms with Gasteiger partial charge in [-0.1, -0.05) is 6.92 Å². The molecular weight excluding hydrogens is 419 g/mol. The summed E-state index contributed by atoms with van der Waals surface area (Å²) in [7, 11) is -4.09. The molecule has 1 aromatic carbocycles. The van der Waals surface area contributed by atoms with Gasteiger partial charge >= 0.3 is 0 Å². The van der Waals surface area contributed by atoms with Crippen LogP contribution in [0.4, 0.5) is 13.2 Å². The molecule has 30 heavy (non-hydrogen) atoms. The second kappa shape index (κ2) is 9.23. The van der Waals surface area contributed by atoms with Gasteiger partial charge in [-0.15, -0.1) is 0 Å². The van der Waals surface area contributed by atoms with Gasteiger partial charge in [0, 0.05) is 24.6 Å². The van der Waals surface area contributed by atoms with Crippen molar-refractivity contribution in [2.75, 3.05) is 13.1 Å². The van der Waals surface area contributed by atoms with Gasteiger partial charge in [-0.3, -0.25) is 4.79 Å². The molecule has 1 heterocycles. The van der Waals surface area contributed by atoms with Crippen molar-refractivity contribution in [1.82, 2.24) is 9.62 Å². The summed E-state index contributed by atoms with van der Waals surface area (Å²) in [6, 6.07) is 1.55. The number of amides is 1. The van der Waals surface area contributed by atoms with Crippen molar-refractivity contribution < 1.29 is 32.1 Å². The number of benzene rings is 1. The highest BCUT2D eigenvalue weighted by Gasteiger charge is 2.38. The van der Waals surface area contributed by atoms with Gasteiger partial charge in [-0.25, -0.2) is 26.3 Å². The molecule has 1 aliphatic carbocycles. The van der Waals surface area contributed by atoms with Crippen LogP contribution < -0.4 is 10.5 Å². The number of nitrogens with one attached hydrogen (secondary N) is 1. The maximum Gasteiger partial charge on any atom is 0.281 e. The fourth-order valence-electron chi connectivity index (χ4n) is 4.44. The Kier molecular flexibility index (Phi) is 7.09. The lowest BCUT2D eigenvalue weighted by Crippen LogP contribution is -2.71. The Morgan fingerprint density at radius 1 is 1.20 bits per heavy atom. The summed E-state index contributed by atoms with van der Waals surface area (Å²) in [5.74, 6) is -1.90. The number of halogens is 3. The van der Waals surface area contributed by atoms with E-state index < -0.39 is 38.8 Å². The van der Waals surface area contributed by atoms with Crippen molar-refractivity contribution in [3.8, 4) is 0 Å². The number of alkyl halides is 1. The van der Waals surface area contributed by atoms with E-state index in [1.54, 1.807) is 0 Å². The van der Waals surface area contributed by atoms with E-state index in [2.05, 4.69) is 10.5 Å². The molecule has 10 heteroatoms. The first-order chi connectivity index (χ1) is 14.1. The number of carbonyl (C=O) groups excluding carboxylic acids is 1. The van der Waals surface area contributed by atoms with Gasteiger partial charge in [0.05, 0.1) is 6.54 Å². The predicted molar refractivity (Wildman–Crippen MR) is 104 cm³/mol. The van der Waals surface area contributed by atoms with Crippen LogP contribution in [0.1, 0.15) is 39.0 Å². The normalized spacial score (nSPS) is 27.1. The van der Waals surface area contributed by atoms with E-state index in [0.717, 1.165) is 12.1 Å². The van der Waals surface area contributed by atoms with E-state index in [0.29, 0.717) is 44.7 Å². The number of carbonyl (C=O) groups is 1. The summed E-state index contributed by atoms with van der Waals surface area (Å²) in [6.45, 7) is 2.51. The van der Waals surface area contributed by atoms with Crippen LogP contribution in [-0.4, -0.2) is 50.6 Å². The quantitative estimate of drug-likeness (QED) is 0.693. The molecule has 1 saturated carbocycles. The Balaban J connectivity index is 1.54. The lowest BCUT2D eigenvalue weighted by atomic mass is 9.76. The number of sulfonamides is 1. The summed E-state index contributed by atoms with van der Waals surface area (Å²) in [5, 5.41) is 0. The van der Waals surface area contributed by atoms with Crippen molar-refractivity contribution in [1.29, 1.82) is 0 Å². The molecule has 4 N–H and O–H groups in total. The van der Waals surface area contributed by atoms with Gasteiger partial charge in [0.15, 0.2) is 6.04 Å². The fourth-order valence-corrected chi connectivity index (χ4v) is 5.81. The lowest BCUT2D eigenvalue weighted by Gasteiger charge is -2.34. The summed E-state index contributed by atoms with van der Waals surface area (Å²) in [5.41, 5.74) is 4.02. The molecule has 0 unspecified atom stereocenters. The SMILES string of the molecule is C[C@@H](C1CCC(NS(=O)(=O)c2ccc(F)cc2F)CC1)[C@H]([NH3+])C(=O)N1CC[C@H](F)C1.